The number of halogens is 1. The minimum Gasteiger partial charge on any atom is -0.345 e. The van der Waals surface area contributed by atoms with E-state index in [0.29, 0.717) is 11.4 Å². The predicted molar refractivity (Wildman–Crippen MR) is 76.0 cm³/mol. The highest BCUT2D eigenvalue weighted by Gasteiger charge is 2.16. The number of thiophene rings is 1. The van der Waals surface area contributed by atoms with Gasteiger partial charge in [-0.1, -0.05) is 30.7 Å². The van der Waals surface area contributed by atoms with Gasteiger partial charge in [-0.15, -0.1) is 0 Å². The van der Waals surface area contributed by atoms with Crippen LogP contribution in [0.4, 0.5) is 0 Å². The third-order valence-corrected chi connectivity index (χ3v) is 3.66. The molecular formula is C14H14ClNOS. The van der Waals surface area contributed by atoms with Crippen LogP contribution in [-0.2, 0) is 4.79 Å². The van der Waals surface area contributed by atoms with Crippen molar-refractivity contribution in [3.05, 3.63) is 57.2 Å². The molecule has 0 aliphatic rings. The fourth-order valence-corrected chi connectivity index (χ4v) is 2.53. The molecule has 1 unspecified atom stereocenters. The third kappa shape index (κ3) is 3.12. The third-order valence-electron chi connectivity index (χ3n) is 2.71. The smallest absolute Gasteiger partial charge is 0.220 e. The zero-order valence-corrected chi connectivity index (χ0v) is 11.6. The average molecular weight is 280 g/mol. The Kier molecular flexibility index (Phi) is 4.39. The summed E-state index contributed by atoms with van der Waals surface area (Å²) in [6.45, 7) is 1.85. The van der Waals surface area contributed by atoms with Gasteiger partial charge in [-0.3, -0.25) is 4.79 Å². The number of amides is 1. The summed E-state index contributed by atoms with van der Waals surface area (Å²) in [4.78, 5) is 11.6. The molecule has 2 aromatic rings. The summed E-state index contributed by atoms with van der Waals surface area (Å²) in [5.74, 6) is 0.0427. The Morgan fingerprint density at radius 1 is 1.28 bits per heavy atom. The molecule has 0 spiro atoms. The summed E-state index contributed by atoms with van der Waals surface area (Å²) >= 11 is 7.51. The van der Waals surface area contributed by atoms with Crippen LogP contribution in [0, 0.1) is 0 Å². The molecule has 94 valence electrons. The largest absolute Gasteiger partial charge is 0.345 e. The molecule has 1 N–H and O–H groups in total. The van der Waals surface area contributed by atoms with Crippen LogP contribution >= 0.6 is 22.9 Å². The maximum Gasteiger partial charge on any atom is 0.220 e. The Morgan fingerprint density at radius 2 is 2.00 bits per heavy atom. The fourth-order valence-electron chi connectivity index (χ4n) is 1.72. The van der Waals surface area contributed by atoms with Crippen molar-refractivity contribution in [2.75, 3.05) is 0 Å². The maximum absolute atomic E-state index is 11.6. The van der Waals surface area contributed by atoms with Crippen molar-refractivity contribution in [1.82, 2.24) is 5.32 Å². The zero-order valence-electron chi connectivity index (χ0n) is 10.0. The normalized spacial score (nSPS) is 12.1. The fraction of sp³-hybridized carbons (Fsp3) is 0.214. The first kappa shape index (κ1) is 13.1. The summed E-state index contributed by atoms with van der Waals surface area (Å²) in [7, 11) is 0. The molecule has 0 radical (unpaired) electrons. The van der Waals surface area contributed by atoms with Crippen molar-refractivity contribution >= 4 is 28.8 Å². The average Bonchev–Trinajstić information content (AvgIpc) is 2.90. The number of nitrogens with one attached hydrogen (secondary N) is 1. The number of hydrogen-bond donors (Lipinski definition) is 1. The Hall–Kier alpha value is -1.32. The minimum atomic E-state index is -0.0963. The highest BCUT2D eigenvalue weighted by atomic mass is 35.5. The van der Waals surface area contributed by atoms with Crippen molar-refractivity contribution < 1.29 is 4.79 Å². The molecule has 0 fully saturated rings. The summed E-state index contributed by atoms with van der Waals surface area (Å²) < 4.78 is 0. The van der Waals surface area contributed by atoms with E-state index >= 15 is 0 Å². The highest BCUT2D eigenvalue weighted by molar-refractivity contribution is 7.08. The number of hydrogen-bond acceptors (Lipinski definition) is 2. The summed E-state index contributed by atoms with van der Waals surface area (Å²) in [6.07, 6.45) is 0.480. The van der Waals surface area contributed by atoms with Crippen molar-refractivity contribution in [2.45, 2.75) is 19.4 Å². The van der Waals surface area contributed by atoms with Gasteiger partial charge < -0.3 is 5.32 Å². The lowest BCUT2D eigenvalue weighted by Gasteiger charge is -2.18. The molecule has 0 bridgehead atoms. The van der Waals surface area contributed by atoms with Crippen LogP contribution in [0.15, 0.2) is 41.1 Å². The van der Waals surface area contributed by atoms with Gasteiger partial charge in [-0.25, -0.2) is 0 Å². The van der Waals surface area contributed by atoms with Gasteiger partial charge >= 0.3 is 0 Å². The highest BCUT2D eigenvalue weighted by Crippen LogP contribution is 2.25. The van der Waals surface area contributed by atoms with E-state index in [2.05, 4.69) is 10.7 Å². The lowest BCUT2D eigenvalue weighted by Crippen LogP contribution is -2.28. The molecule has 1 aromatic heterocycles. The van der Waals surface area contributed by atoms with E-state index in [4.69, 9.17) is 11.6 Å². The molecule has 1 atom stereocenters. The Bertz CT molecular complexity index is 507. The first-order valence-corrected chi connectivity index (χ1v) is 7.09. The van der Waals surface area contributed by atoms with Crippen LogP contribution in [0.1, 0.15) is 30.5 Å². The number of benzene rings is 1. The summed E-state index contributed by atoms with van der Waals surface area (Å²) in [6, 6.07) is 9.50. The number of rotatable bonds is 4. The molecule has 1 aromatic carbocycles. The van der Waals surface area contributed by atoms with E-state index in [9.17, 15) is 4.79 Å². The van der Waals surface area contributed by atoms with Gasteiger partial charge in [-0.05, 0) is 40.1 Å². The van der Waals surface area contributed by atoms with E-state index in [1.165, 1.54) is 0 Å². The predicted octanol–water partition coefficient (Wildman–Crippen LogP) is 4.02. The zero-order chi connectivity index (χ0) is 13.0. The quantitative estimate of drug-likeness (QED) is 0.900. The standard InChI is InChI=1S/C14H14ClNOS/c1-2-13(17)16-14(11-7-8-18-9-11)10-3-5-12(15)6-4-10/h3-9,14H,2H2,1H3,(H,16,17). The molecule has 0 aliphatic heterocycles. The van der Waals surface area contributed by atoms with Crippen LogP contribution in [0.5, 0.6) is 0 Å². The van der Waals surface area contributed by atoms with Crippen LogP contribution < -0.4 is 5.32 Å². The van der Waals surface area contributed by atoms with Gasteiger partial charge in [0, 0.05) is 11.4 Å². The molecule has 2 rings (SSSR count). The molecule has 2 nitrogen and oxygen atoms in total. The lowest BCUT2D eigenvalue weighted by molar-refractivity contribution is -0.121. The van der Waals surface area contributed by atoms with Crippen LogP contribution in [0.3, 0.4) is 0 Å². The van der Waals surface area contributed by atoms with Crippen molar-refractivity contribution in [3.63, 3.8) is 0 Å². The van der Waals surface area contributed by atoms with Crippen LogP contribution in [0.25, 0.3) is 0 Å². The maximum atomic E-state index is 11.6. The molecule has 1 heterocycles. The van der Waals surface area contributed by atoms with Crippen molar-refractivity contribution in [2.24, 2.45) is 0 Å². The lowest BCUT2D eigenvalue weighted by atomic mass is 10.0. The van der Waals surface area contributed by atoms with E-state index < -0.39 is 0 Å². The second-order valence-electron chi connectivity index (χ2n) is 3.96. The Balaban J connectivity index is 2.30. The van der Waals surface area contributed by atoms with Gasteiger partial charge in [0.15, 0.2) is 0 Å². The molecule has 0 saturated carbocycles. The van der Waals surface area contributed by atoms with Gasteiger partial charge in [0.1, 0.15) is 0 Å². The first-order chi connectivity index (χ1) is 8.70. The monoisotopic (exact) mass is 279 g/mol. The van der Waals surface area contributed by atoms with E-state index in [1.807, 2.05) is 42.6 Å². The first-order valence-electron chi connectivity index (χ1n) is 5.77. The molecule has 1 amide bonds. The van der Waals surface area contributed by atoms with E-state index in [0.717, 1.165) is 11.1 Å². The molecular weight excluding hydrogens is 266 g/mol. The molecule has 4 heteroatoms. The van der Waals surface area contributed by atoms with E-state index in [-0.39, 0.29) is 11.9 Å². The van der Waals surface area contributed by atoms with Crippen molar-refractivity contribution in [3.8, 4) is 0 Å². The molecule has 0 saturated heterocycles. The summed E-state index contributed by atoms with van der Waals surface area (Å²) in [5, 5.41) is 7.79. The number of carbonyl (C=O) groups excluding carboxylic acids is 1. The van der Waals surface area contributed by atoms with E-state index in [1.54, 1.807) is 11.3 Å². The number of carbonyl (C=O) groups is 1. The Labute approximate surface area is 116 Å². The molecule has 0 aliphatic carbocycles. The second-order valence-corrected chi connectivity index (χ2v) is 5.18. The molecule has 18 heavy (non-hydrogen) atoms. The van der Waals surface area contributed by atoms with Crippen LogP contribution in [-0.4, -0.2) is 5.91 Å². The van der Waals surface area contributed by atoms with Gasteiger partial charge in [0.2, 0.25) is 5.91 Å². The van der Waals surface area contributed by atoms with Crippen LogP contribution in [0.2, 0.25) is 5.02 Å². The summed E-state index contributed by atoms with van der Waals surface area (Å²) in [5.41, 5.74) is 2.14. The minimum absolute atomic E-state index is 0.0427. The van der Waals surface area contributed by atoms with Gasteiger partial charge in [0.25, 0.3) is 0 Å². The SMILES string of the molecule is CCC(=O)NC(c1ccc(Cl)cc1)c1ccsc1. The van der Waals surface area contributed by atoms with Crippen molar-refractivity contribution in [1.29, 1.82) is 0 Å². The topological polar surface area (TPSA) is 29.1 Å². The second kappa shape index (κ2) is 6.03. The van der Waals surface area contributed by atoms with Gasteiger partial charge in [-0.2, -0.15) is 11.3 Å². The van der Waals surface area contributed by atoms with Gasteiger partial charge in [0.05, 0.1) is 6.04 Å². The Morgan fingerprint density at radius 3 is 2.56 bits per heavy atom.